The van der Waals surface area contributed by atoms with E-state index in [4.69, 9.17) is 23.2 Å². The summed E-state index contributed by atoms with van der Waals surface area (Å²) in [5.74, 6) is -0.721. The molecule has 114 valence electrons. The van der Waals surface area contributed by atoms with Crippen molar-refractivity contribution >= 4 is 67.2 Å². The van der Waals surface area contributed by atoms with Gasteiger partial charge in [-0.05, 0) is 40.2 Å². The first-order chi connectivity index (χ1) is 10.4. The lowest BCUT2D eigenvalue weighted by Gasteiger charge is -2.06. The van der Waals surface area contributed by atoms with E-state index >= 15 is 0 Å². The van der Waals surface area contributed by atoms with Crippen molar-refractivity contribution < 1.29 is 9.90 Å². The molecule has 0 unspecified atom stereocenters. The minimum absolute atomic E-state index is 0.0839. The summed E-state index contributed by atoms with van der Waals surface area (Å²) in [6.45, 7) is 0. The van der Waals surface area contributed by atoms with E-state index in [2.05, 4.69) is 42.4 Å². The number of halogens is 4. The van der Waals surface area contributed by atoms with E-state index in [0.717, 1.165) is 0 Å². The van der Waals surface area contributed by atoms with Crippen molar-refractivity contribution in [2.75, 3.05) is 0 Å². The predicted molar refractivity (Wildman–Crippen MR) is 95.0 cm³/mol. The molecule has 0 fully saturated rings. The number of hydrogen-bond acceptors (Lipinski definition) is 3. The molecule has 0 spiro atoms. The Morgan fingerprint density at radius 3 is 2.64 bits per heavy atom. The Morgan fingerprint density at radius 2 is 1.95 bits per heavy atom. The summed E-state index contributed by atoms with van der Waals surface area (Å²) < 4.78 is 1.05. The van der Waals surface area contributed by atoms with Crippen LogP contribution in [0.5, 0.6) is 5.75 Å². The summed E-state index contributed by atoms with van der Waals surface area (Å²) in [5.41, 5.74) is 3.01. The van der Waals surface area contributed by atoms with Crippen LogP contribution in [0.3, 0.4) is 0 Å². The van der Waals surface area contributed by atoms with Crippen LogP contribution < -0.4 is 5.43 Å². The molecule has 8 heteroatoms. The molecule has 2 rings (SSSR count). The smallest absolute Gasteiger partial charge is 0.275 e. The fourth-order valence-electron chi connectivity index (χ4n) is 1.57. The van der Waals surface area contributed by atoms with Crippen LogP contribution in [0.1, 0.15) is 15.9 Å². The summed E-state index contributed by atoms with van der Waals surface area (Å²) >= 11 is 18.2. The van der Waals surface area contributed by atoms with E-state index < -0.39 is 5.91 Å². The monoisotopic (exact) mass is 464 g/mol. The maximum absolute atomic E-state index is 12.0. The van der Waals surface area contributed by atoms with E-state index in [9.17, 15) is 9.90 Å². The lowest BCUT2D eigenvalue weighted by Crippen LogP contribution is -2.18. The number of phenols is 1. The third-order valence-electron chi connectivity index (χ3n) is 2.61. The highest BCUT2D eigenvalue weighted by Crippen LogP contribution is 2.31. The van der Waals surface area contributed by atoms with Gasteiger partial charge in [-0.3, -0.25) is 4.79 Å². The Kier molecular flexibility index (Phi) is 5.86. The third-order valence-corrected chi connectivity index (χ3v) is 4.23. The van der Waals surface area contributed by atoms with Crippen molar-refractivity contribution in [3.8, 4) is 5.75 Å². The first kappa shape index (κ1) is 17.3. The number of phenolic OH excluding ortho intramolecular Hbond substituents is 1. The lowest BCUT2D eigenvalue weighted by atomic mass is 10.2. The molecule has 0 aliphatic carbocycles. The van der Waals surface area contributed by atoms with Gasteiger partial charge in [0.1, 0.15) is 5.75 Å². The number of hydrazone groups is 1. The second-order valence-corrected chi connectivity index (χ2v) is 6.76. The second-order valence-electron chi connectivity index (χ2n) is 4.15. The van der Waals surface area contributed by atoms with E-state index in [1.807, 2.05) is 0 Å². The molecular weight excluding hydrogens is 459 g/mol. The first-order valence-electron chi connectivity index (χ1n) is 5.85. The molecule has 0 heterocycles. The van der Waals surface area contributed by atoms with Gasteiger partial charge in [0.2, 0.25) is 0 Å². The minimum Gasteiger partial charge on any atom is -0.506 e. The van der Waals surface area contributed by atoms with Crippen LogP contribution in [0.2, 0.25) is 10.0 Å². The summed E-state index contributed by atoms with van der Waals surface area (Å²) in [4.78, 5) is 12.0. The zero-order valence-electron chi connectivity index (χ0n) is 10.8. The van der Waals surface area contributed by atoms with Crippen molar-refractivity contribution in [3.05, 3.63) is 60.4 Å². The van der Waals surface area contributed by atoms with Crippen LogP contribution in [0, 0.1) is 0 Å². The van der Waals surface area contributed by atoms with E-state index in [-0.39, 0.29) is 11.3 Å². The van der Waals surface area contributed by atoms with Crippen molar-refractivity contribution in [1.29, 1.82) is 0 Å². The van der Waals surface area contributed by atoms with Crippen LogP contribution in [0.25, 0.3) is 0 Å². The standard InChI is InChI=1S/C14H8Br2Cl2N2O2/c15-8-3-10(13(21)11(16)4-8)14(22)20-19-6-7-1-2-9(17)5-12(7)18/h1-6,21H,(H,20,22). The van der Waals surface area contributed by atoms with Crippen molar-refractivity contribution in [3.63, 3.8) is 0 Å². The van der Waals surface area contributed by atoms with Gasteiger partial charge in [-0.15, -0.1) is 0 Å². The fraction of sp³-hybridized carbons (Fsp3) is 0. The maximum atomic E-state index is 12.0. The molecule has 0 aromatic heterocycles. The second kappa shape index (κ2) is 7.46. The molecule has 22 heavy (non-hydrogen) atoms. The molecule has 2 aromatic rings. The number of benzene rings is 2. The van der Waals surface area contributed by atoms with E-state index in [0.29, 0.717) is 24.6 Å². The van der Waals surface area contributed by atoms with Crippen LogP contribution in [0.15, 0.2) is 44.4 Å². The van der Waals surface area contributed by atoms with Crippen LogP contribution >= 0.6 is 55.1 Å². The van der Waals surface area contributed by atoms with Gasteiger partial charge in [0.25, 0.3) is 5.91 Å². The van der Waals surface area contributed by atoms with Crippen molar-refractivity contribution in [1.82, 2.24) is 5.43 Å². The van der Waals surface area contributed by atoms with Gasteiger partial charge in [0.15, 0.2) is 0 Å². The number of nitrogens with zero attached hydrogens (tertiary/aromatic N) is 1. The van der Waals surface area contributed by atoms with E-state index in [1.54, 1.807) is 24.3 Å². The zero-order valence-corrected chi connectivity index (χ0v) is 15.5. The minimum atomic E-state index is -0.555. The lowest BCUT2D eigenvalue weighted by molar-refractivity contribution is 0.0952. The quantitative estimate of drug-likeness (QED) is 0.494. The van der Waals surface area contributed by atoms with Gasteiger partial charge in [-0.2, -0.15) is 5.10 Å². The molecule has 2 aromatic carbocycles. The molecule has 0 saturated heterocycles. The molecular formula is C14H8Br2Cl2N2O2. The molecule has 0 saturated carbocycles. The molecule has 0 radical (unpaired) electrons. The van der Waals surface area contributed by atoms with Gasteiger partial charge in [-0.25, -0.2) is 5.43 Å². The highest BCUT2D eigenvalue weighted by atomic mass is 79.9. The number of carbonyl (C=O) groups is 1. The number of amides is 1. The highest BCUT2D eigenvalue weighted by molar-refractivity contribution is 9.11. The first-order valence-corrected chi connectivity index (χ1v) is 8.19. The van der Waals surface area contributed by atoms with Crippen LogP contribution in [0.4, 0.5) is 0 Å². The van der Waals surface area contributed by atoms with Gasteiger partial charge in [0, 0.05) is 15.1 Å². The van der Waals surface area contributed by atoms with Gasteiger partial charge in [-0.1, -0.05) is 45.2 Å². The zero-order chi connectivity index (χ0) is 16.3. The van der Waals surface area contributed by atoms with Gasteiger partial charge >= 0.3 is 0 Å². The Hall–Kier alpha value is -1.08. The van der Waals surface area contributed by atoms with Crippen molar-refractivity contribution in [2.24, 2.45) is 5.10 Å². The predicted octanol–water partition coefficient (Wildman–Crippen LogP) is 4.99. The Balaban J connectivity index is 2.15. The summed E-state index contributed by atoms with van der Waals surface area (Å²) in [6, 6.07) is 8.02. The Morgan fingerprint density at radius 1 is 1.23 bits per heavy atom. The maximum Gasteiger partial charge on any atom is 0.275 e. The molecule has 2 N–H and O–H groups in total. The third kappa shape index (κ3) is 4.23. The molecule has 1 amide bonds. The highest BCUT2D eigenvalue weighted by Gasteiger charge is 2.14. The van der Waals surface area contributed by atoms with Gasteiger partial charge in [0.05, 0.1) is 21.3 Å². The topological polar surface area (TPSA) is 61.7 Å². The number of hydrogen-bond donors (Lipinski definition) is 2. The normalized spacial score (nSPS) is 10.9. The fourth-order valence-corrected chi connectivity index (χ4v) is 3.25. The Bertz CT molecular complexity index is 767. The number of rotatable bonds is 3. The van der Waals surface area contributed by atoms with Gasteiger partial charge < -0.3 is 5.11 Å². The molecule has 0 aliphatic rings. The van der Waals surface area contributed by atoms with E-state index in [1.165, 1.54) is 12.3 Å². The van der Waals surface area contributed by atoms with Crippen molar-refractivity contribution in [2.45, 2.75) is 0 Å². The largest absolute Gasteiger partial charge is 0.506 e. The number of aromatic hydroxyl groups is 1. The number of nitrogens with one attached hydrogen (secondary N) is 1. The molecule has 4 nitrogen and oxygen atoms in total. The average Bonchev–Trinajstić information content (AvgIpc) is 2.45. The number of carbonyl (C=O) groups excluding carboxylic acids is 1. The molecule has 0 bridgehead atoms. The molecule has 0 aliphatic heterocycles. The summed E-state index contributed by atoms with van der Waals surface area (Å²) in [7, 11) is 0. The average molecular weight is 467 g/mol. The summed E-state index contributed by atoms with van der Waals surface area (Å²) in [5, 5.41) is 14.6. The van der Waals surface area contributed by atoms with Crippen LogP contribution in [-0.4, -0.2) is 17.2 Å². The van der Waals surface area contributed by atoms with Crippen LogP contribution in [-0.2, 0) is 0 Å². The SMILES string of the molecule is O=C(NN=Cc1ccc(Cl)cc1Cl)c1cc(Br)cc(Br)c1O. The summed E-state index contributed by atoms with van der Waals surface area (Å²) in [6.07, 6.45) is 1.39. The Labute approximate surface area is 153 Å². The molecule has 0 atom stereocenters.